The number of nitrogens with zero attached hydrogens (tertiary/aromatic N) is 1. The molecule has 1 aliphatic heterocycles. The van der Waals surface area contributed by atoms with Crippen LogP contribution in [0, 0.1) is 19.3 Å². The van der Waals surface area contributed by atoms with Crippen LogP contribution in [0.25, 0.3) is 10.9 Å². The third kappa shape index (κ3) is 3.49. The summed E-state index contributed by atoms with van der Waals surface area (Å²) in [5.74, 6) is -0.100. The maximum Gasteiger partial charge on any atom is 0.252 e. The number of benzene rings is 1. The van der Waals surface area contributed by atoms with Gasteiger partial charge in [-0.2, -0.15) is 0 Å². The van der Waals surface area contributed by atoms with Crippen molar-refractivity contribution >= 4 is 22.7 Å². The first-order valence-electron chi connectivity index (χ1n) is 9.97. The predicted octanol–water partition coefficient (Wildman–Crippen LogP) is 2.74. The fourth-order valence-electron chi connectivity index (χ4n) is 4.09. The summed E-state index contributed by atoms with van der Waals surface area (Å²) in [5.41, 5.74) is 9.61. The number of aryl methyl sites for hydroxylation is 2. The van der Waals surface area contributed by atoms with Crippen molar-refractivity contribution in [1.82, 2.24) is 10.3 Å². The molecule has 6 nitrogen and oxygen atoms in total. The third-order valence-corrected chi connectivity index (χ3v) is 6.07. The Morgan fingerprint density at radius 3 is 2.57 bits per heavy atom. The van der Waals surface area contributed by atoms with Gasteiger partial charge in [-0.1, -0.05) is 11.6 Å². The van der Waals surface area contributed by atoms with Gasteiger partial charge in [0.2, 0.25) is 5.91 Å². The van der Waals surface area contributed by atoms with E-state index in [1.54, 1.807) is 0 Å². The monoisotopic (exact) mass is 381 g/mol. The van der Waals surface area contributed by atoms with Gasteiger partial charge < -0.3 is 15.8 Å². The van der Waals surface area contributed by atoms with Crippen LogP contribution in [-0.2, 0) is 9.53 Å². The van der Waals surface area contributed by atoms with Gasteiger partial charge in [-0.3, -0.25) is 14.6 Å². The average Bonchev–Trinajstić information content (AvgIpc) is 3.51. The lowest BCUT2D eigenvalue weighted by molar-refractivity contribution is -0.132. The molecule has 1 aliphatic carbocycles. The molecular weight excluding hydrogens is 354 g/mol. The minimum absolute atomic E-state index is 0.175. The van der Waals surface area contributed by atoms with Crippen molar-refractivity contribution in [1.29, 1.82) is 0 Å². The molecule has 0 radical (unpaired) electrons. The van der Waals surface area contributed by atoms with Gasteiger partial charge in [0.1, 0.15) is 0 Å². The number of rotatable bonds is 5. The third-order valence-electron chi connectivity index (χ3n) is 6.07. The van der Waals surface area contributed by atoms with Gasteiger partial charge in [0.25, 0.3) is 5.91 Å². The van der Waals surface area contributed by atoms with Crippen LogP contribution < -0.4 is 11.1 Å². The topological polar surface area (TPSA) is 94.3 Å². The molecule has 4 rings (SSSR count). The molecule has 2 aromatic rings. The second-order valence-corrected chi connectivity index (χ2v) is 8.29. The van der Waals surface area contributed by atoms with Gasteiger partial charge in [-0.25, -0.2) is 0 Å². The number of aromatic nitrogens is 1. The van der Waals surface area contributed by atoms with E-state index in [4.69, 9.17) is 15.5 Å². The smallest absolute Gasteiger partial charge is 0.252 e. The quantitative estimate of drug-likeness (QED) is 0.833. The second kappa shape index (κ2) is 7.17. The number of carbonyl (C=O) groups is 2. The highest BCUT2D eigenvalue weighted by Gasteiger charge is 2.39. The highest BCUT2D eigenvalue weighted by atomic mass is 16.5. The Kier molecular flexibility index (Phi) is 4.83. The molecule has 0 atom stereocenters. The number of ether oxygens (including phenoxy) is 1. The van der Waals surface area contributed by atoms with Gasteiger partial charge in [-0.15, -0.1) is 0 Å². The van der Waals surface area contributed by atoms with E-state index in [-0.39, 0.29) is 18.4 Å². The molecule has 6 heteroatoms. The zero-order valence-electron chi connectivity index (χ0n) is 16.5. The molecule has 28 heavy (non-hydrogen) atoms. The standard InChI is InChI=1S/C22H27N3O3/c1-13-9-14(2)19-16(10-13)17(11-18(25-19)15-3-4-15)20(26)24-12-22(21(23)27)5-7-28-8-6-22/h9-11,15H,3-8,12H2,1-2H3,(H2,23,27)(H,24,26). The molecule has 0 unspecified atom stereocenters. The second-order valence-electron chi connectivity index (χ2n) is 8.29. The molecule has 2 heterocycles. The van der Waals surface area contributed by atoms with Crippen LogP contribution in [0.1, 0.15) is 58.8 Å². The van der Waals surface area contributed by atoms with E-state index in [2.05, 4.69) is 11.4 Å². The van der Waals surface area contributed by atoms with Crippen molar-refractivity contribution in [2.45, 2.75) is 45.4 Å². The molecule has 3 N–H and O–H groups in total. The number of fused-ring (bicyclic) bond motifs is 1. The number of primary amides is 1. The van der Waals surface area contributed by atoms with Gasteiger partial charge in [-0.05, 0) is 57.2 Å². The Morgan fingerprint density at radius 1 is 1.21 bits per heavy atom. The summed E-state index contributed by atoms with van der Waals surface area (Å²) in [6.07, 6.45) is 3.31. The zero-order valence-corrected chi connectivity index (χ0v) is 16.5. The first kappa shape index (κ1) is 18.9. The number of hydrogen-bond donors (Lipinski definition) is 2. The molecule has 0 spiro atoms. The van der Waals surface area contributed by atoms with Crippen molar-refractivity contribution in [3.05, 3.63) is 40.6 Å². The summed E-state index contributed by atoms with van der Waals surface area (Å²) >= 11 is 0. The summed E-state index contributed by atoms with van der Waals surface area (Å²) in [6, 6.07) is 6.03. The highest BCUT2D eigenvalue weighted by molar-refractivity contribution is 6.07. The van der Waals surface area contributed by atoms with Crippen LogP contribution >= 0.6 is 0 Å². The Hall–Kier alpha value is -2.47. The van der Waals surface area contributed by atoms with E-state index in [9.17, 15) is 9.59 Å². The lowest BCUT2D eigenvalue weighted by Gasteiger charge is -2.34. The number of carbonyl (C=O) groups excluding carboxylic acids is 2. The van der Waals surface area contributed by atoms with Crippen molar-refractivity contribution in [2.75, 3.05) is 19.8 Å². The number of nitrogens with one attached hydrogen (secondary N) is 1. The van der Waals surface area contributed by atoms with E-state index in [0.717, 1.165) is 40.6 Å². The minimum Gasteiger partial charge on any atom is -0.381 e. The normalized spacial score (nSPS) is 18.8. The Labute approximate surface area is 164 Å². The van der Waals surface area contributed by atoms with Crippen LogP contribution in [0.5, 0.6) is 0 Å². The zero-order chi connectivity index (χ0) is 19.9. The molecule has 1 aromatic carbocycles. The van der Waals surface area contributed by atoms with Gasteiger partial charge >= 0.3 is 0 Å². The molecule has 2 amide bonds. The maximum atomic E-state index is 13.2. The maximum absolute atomic E-state index is 13.2. The van der Waals surface area contributed by atoms with Crippen LogP contribution in [0.2, 0.25) is 0 Å². The van der Waals surface area contributed by atoms with Crippen LogP contribution in [0.15, 0.2) is 18.2 Å². The molecule has 148 valence electrons. The summed E-state index contributed by atoms with van der Waals surface area (Å²) in [6.45, 7) is 5.26. The summed E-state index contributed by atoms with van der Waals surface area (Å²) in [7, 11) is 0. The van der Waals surface area contributed by atoms with Gasteiger partial charge in [0.05, 0.1) is 16.5 Å². The largest absolute Gasteiger partial charge is 0.381 e. The van der Waals surface area contributed by atoms with Crippen molar-refractivity contribution in [3.63, 3.8) is 0 Å². The first-order chi connectivity index (χ1) is 13.4. The van der Waals surface area contributed by atoms with Crippen LogP contribution in [-0.4, -0.2) is 36.6 Å². The summed E-state index contributed by atoms with van der Waals surface area (Å²) in [5, 5.41) is 3.85. The number of amides is 2. The molecular formula is C22H27N3O3. The lowest BCUT2D eigenvalue weighted by Crippen LogP contribution is -2.49. The van der Waals surface area contributed by atoms with Gasteiger partial charge in [0, 0.05) is 36.8 Å². The summed E-state index contributed by atoms with van der Waals surface area (Å²) < 4.78 is 5.37. The van der Waals surface area contributed by atoms with E-state index in [1.807, 2.05) is 26.0 Å². The summed E-state index contributed by atoms with van der Waals surface area (Å²) in [4.78, 5) is 30.1. The van der Waals surface area contributed by atoms with E-state index >= 15 is 0 Å². The first-order valence-corrected chi connectivity index (χ1v) is 9.97. The minimum atomic E-state index is -0.734. The predicted molar refractivity (Wildman–Crippen MR) is 107 cm³/mol. The van der Waals surface area contributed by atoms with Crippen LogP contribution in [0.3, 0.4) is 0 Å². The molecule has 2 fully saturated rings. The van der Waals surface area contributed by atoms with Crippen LogP contribution in [0.4, 0.5) is 0 Å². The fourth-order valence-corrected chi connectivity index (χ4v) is 4.09. The lowest BCUT2D eigenvalue weighted by atomic mass is 9.79. The Balaban J connectivity index is 1.67. The molecule has 1 saturated heterocycles. The van der Waals surface area contributed by atoms with Crippen molar-refractivity contribution in [2.24, 2.45) is 11.1 Å². The van der Waals surface area contributed by atoms with E-state index < -0.39 is 5.41 Å². The fraction of sp³-hybridized carbons (Fsp3) is 0.500. The van der Waals surface area contributed by atoms with Gasteiger partial charge in [0.15, 0.2) is 0 Å². The van der Waals surface area contributed by atoms with Crippen molar-refractivity contribution < 1.29 is 14.3 Å². The van der Waals surface area contributed by atoms with E-state index in [0.29, 0.717) is 37.5 Å². The number of nitrogens with two attached hydrogens (primary N) is 1. The van der Waals surface area contributed by atoms with Crippen molar-refractivity contribution in [3.8, 4) is 0 Å². The van der Waals surface area contributed by atoms with E-state index in [1.165, 1.54) is 0 Å². The molecule has 2 aliphatic rings. The molecule has 1 aromatic heterocycles. The average molecular weight is 381 g/mol. The Morgan fingerprint density at radius 2 is 1.93 bits per heavy atom. The highest BCUT2D eigenvalue weighted by Crippen LogP contribution is 2.40. The molecule has 0 bridgehead atoms. The number of hydrogen-bond acceptors (Lipinski definition) is 4. The molecule has 1 saturated carbocycles. The SMILES string of the molecule is Cc1cc(C)c2nc(C3CC3)cc(C(=O)NCC3(C(N)=O)CCOCC3)c2c1. The Bertz CT molecular complexity index is 944. The number of pyridine rings is 1.